The molecule has 3 aliphatic rings. The van der Waals surface area contributed by atoms with Gasteiger partial charge in [0.25, 0.3) is 0 Å². The van der Waals surface area contributed by atoms with Gasteiger partial charge in [0.15, 0.2) is 0 Å². The van der Waals surface area contributed by atoms with Crippen LogP contribution in [0.3, 0.4) is 0 Å². The third-order valence-corrected chi connectivity index (χ3v) is 8.57. The Labute approximate surface area is 153 Å². The lowest BCUT2D eigenvalue weighted by Crippen LogP contribution is -2.57. The van der Waals surface area contributed by atoms with Gasteiger partial charge < -0.3 is 4.74 Å². The number of fused-ring (bicyclic) bond motifs is 3. The monoisotopic (exact) mass is 348 g/mol. The predicted octanol–water partition coefficient (Wildman–Crippen LogP) is 5.17. The number of carbonyl (C=O) groups excluding carboxylic acids is 2. The van der Waals surface area contributed by atoms with Crippen LogP contribution in [0.15, 0.2) is 0 Å². The molecule has 0 aliphatic heterocycles. The molecule has 0 spiro atoms. The first kappa shape index (κ1) is 18.9. The van der Waals surface area contributed by atoms with Crippen LogP contribution in [0, 0.1) is 34.0 Å². The summed E-state index contributed by atoms with van der Waals surface area (Å²) >= 11 is 0. The molecule has 0 aromatic rings. The van der Waals surface area contributed by atoms with E-state index >= 15 is 0 Å². The first-order valence-electron chi connectivity index (χ1n) is 10.3. The lowest BCUT2D eigenvalue weighted by Gasteiger charge is -2.62. The van der Waals surface area contributed by atoms with E-state index in [2.05, 4.69) is 27.7 Å². The topological polar surface area (TPSA) is 43.4 Å². The summed E-state index contributed by atoms with van der Waals surface area (Å²) in [6, 6.07) is 0. The largest absolute Gasteiger partial charge is 0.469 e. The van der Waals surface area contributed by atoms with Gasteiger partial charge in [-0.2, -0.15) is 0 Å². The normalized spacial score (nSPS) is 43.6. The smallest absolute Gasteiger partial charge is 0.309 e. The molecule has 0 N–H and O–H groups in total. The average Bonchev–Trinajstić information content (AvgIpc) is 2.71. The van der Waals surface area contributed by atoms with Gasteiger partial charge in [0.1, 0.15) is 5.78 Å². The highest BCUT2D eigenvalue weighted by molar-refractivity contribution is 5.89. The van der Waals surface area contributed by atoms with Crippen molar-refractivity contribution >= 4 is 11.8 Å². The Hall–Kier alpha value is -0.860. The Morgan fingerprint density at radius 3 is 2.44 bits per heavy atom. The Balaban J connectivity index is 2.00. The van der Waals surface area contributed by atoms with E-state index < -0.39 is 0 Å². The Kier molecular flexibility index (Phi) is 4.83. The Bertz CT molecular complexity index is 551. The van der Waals surface area contributed by atoms with Crippen molar-refractivity contribution in [2.24, 2.45) is 34.0 Å². The number of rotatable bonds is 2. The highest BCUT2D eigenvalue weighted by Crippen LogP contribution is 2.67. The number of hydrogen-bond donors (Lipinski definition) is 0. The number of ketones is 1. The second kappa shape index (κ2) is 6.39. The molecular formula is C22H36O3. The zero-order valence-corrected chi connectivity index (χ0v) is 16.8. The maximum atomic E-state index is 13.4. The first-order chi connectivity index (χ1) is 11.7. The van der Waals surface area contributed by atoms with Crippen LogP contribution in [-0.4, -0.2) is 18.9 Å². The van der Waals surface area contributed by atoms with E-state index in [9.17, 15) is 9.59 Å². The second-order valence-corrected chi connectivity index (χ2v) is 9.93. The van der Waals surface area contributed by atoms with Gasteiger partial charge in [-0.15, -0.1) is 0 Å². The molecule has 3 saturated carbocycles. The molecule has 0 heterocycles. The molecule has 5 atom stereocenters. The molecular weight excluding hydrogens is 312 g/mol. The maximum absolute atomic E-state index is 13.4. The standard InChI is InChI=1S/C22H36O3/c1-6-22-13-10-16-20(2,3)11-7-12-21(16,4)17(22)9-8-15(14-18(22)23)19(24)25-5/h15-17H,6-14H2,1-5H3. The number of carbonyl (C=O) groups is 2. The summed E-state index contributed by atoms with van der Waals surface area (Å²) in [6.45, 7) is 9.53. The first-order valence-corrected chi connectivity index (χ1v) is 10.3. The molecule has 3 rings (SSSR count). The van der Waals surface area contributed by atoms with Gasteiger partial charge in [0.2, 0.25) is 0 Å². The molecule has 0 aromatic carbocycles. The fraction of sp³-hybridized carbons (Fsp3) is 0.909. The third-order valence-electron chi connectivity index (χ3n) is 8.57. The summed E-state index contributed by atoms with van der Waals surface area (Å²) in [4.78, 5) is 25.6. The van der Waals surface area contributed by atoms with Gasteiger partial charge >= 0.3 is 5.97 Å². The number of Topliss-reactive ketones (excluding diaryl/α,β-unsaturated/α-hetero) is 1. The van der Waals surface area contributed by atoms with Crippen molar-refractivity contribution in [2.45, 2.75) is 85.5 Å². The van der Waals surface area contributed by atoms with Gasteiger partial charge in [-0.25, -0.2) is 0 Å². The molecule has 3 nitrogen and oxygen atoms in total. The lowest BCUT2D eigenvalue weighted by molar-refractivity contribution is -0.161. The van der Waals surface area contributed by atoms with Crippen molar-refractivity contribution in [3.05, 3.63) is 0 Å². The highest BCUT2D eigenvalue weighted by atomic mass is 16.5. The zero-order chi connectivity index (χ0) is 18.5. The predicted molar refractivity (Wildman–Crippen MR) is 99.0 cm³/mol. The van der Waals surface area contributed by atoms with Crippen LogP contribution in [0.5, 0.6) is 0 Å². The van der Waals surface area contributed by atoms with Gasteiger partial charge in [0, 0.05) is 11.8 Å². The van der Waals surface area contributed by atoms with Crippen LogP contribution < -0.4 is 0 Å². The molecule has 5 unspecified atom stereocenters. The highest BCUT2D eigenvalue weighted by Gasteiger charge is 2.61. The van der Waals surface area contributed by atoms with Crippen molar-refractivity contribution < 1.29 is 14.3 Å². The van der Waals surface area contributed by atoms with E-state index in [4.69, 9.17) is 4.74 Å². The van der Waals surface area contributed by atoms with Crippen molar-refractivity contribution in [3.63, 3.8) is 0 Å². The second-order valence-electron chi connectivity index (χ2n) is 9.93. The minimum absolute atomic E-state index is 0.191. The molecule has 3 aliphatic carbocycles. The number of ether oxygens (including phenoxy) is 1. The lowest BCUT2D eigenvalue weighted by atomic mass is 9.41. The summed E-state index contributed by atoms with van der Waals surface area (Å²) in [6.07, 6.45) is 9.13. The third kappa shape index (κ3) is 2.77. The average molecular weight is 349 g/mol. The summed E-state index contributed by atoms with van der Waals surface area (Å²) in [5, 5.41) is 0. The molecule has 142 valence electrons. The van der Waals surface area contributed by atoms with Crippen LogP contribution in [0.4, 0.5) is 0 Å². The van der Waals surface area contributed by atoms with Crippen LogP contribution >= 0.6 is 0 Å². The molecule has 25 heavy (non-hydrogen) atoms. The number of hydrogen-bond acceptors (Lipinski definition) is 3. The van der Waals surface area contributed by atoms with Crippen LogP contribution in [0.1, 0.15) is 85.5 Å². The quantitative estimate of drug-likeness (QED) is 0.647. The minimum Gasteiger partial charge on any atom is -0.469 e. The number of esters is 1. The maximum Gasteiger partial charge on any atom is 0.309 e. The van der Waals surface area contributed by atoms with Crippen LogP contribution in [-0.2, 0) is 14.3 Å². The van der Waals surface area contributed by atoms with E-state index in [-0.39, 0.29) is 22.7 Å². The van der Waals surface area contributed by atoms with E-state index in [0.29, 0.717) is 29.5 Å². The zero-order valence-electron chi connectivity index (χ0n) is 16.8. The molecule has 0 amide bonds. The van der Waals surface area contributed by atoms with E-state index in [1.807, 2.05) is 0 Å². The Morgan fingerprint density at radius 2 is 1.80 bits per heavy atom. The molecule has 3 fully saturated rings. The van der Waals surface area contributed by atoms with E-state index in [0.717, 1.165) is 25.7 Å². The minimum atomic E-state index is -0.231. The van der Waals surface area contributed by atoms with Gasteiger partial charge in [-0.05, 0) is 67.6 Å². The summed E-state index contributed by atoms with van der Waals surface area (Å²) in [5.74, 6) is 1.04. The molecule has 0 radical (unpaired) electrons. The summed E-state index contributed by atoms with van der Waals surface area (Å²) in [7, 11) is 1.45. The van der Waals surface area contributed by atoms with Crippen molar-refractivity contribution in [2.75, 3.05) is 7.11 Å². The van der Waals surface area contributed by atoms with Crippen molar-refractivity contribution in [1.29, 1.82) is 0 Å². The SMILES string of the molecule is CCC12CCC3C(C)(C)CCCC3(C)C1CCC(C(=O)OC)CC2=O. The number of methoxy groups -OCH3 is 1. The van der Waals surface area contributed by atoms with Crippen molar-refractivity contribution in [3.8, 4) is 0 Å². The fourth-order valence-corrected chi connectivity index (χ4v) is 7.34. The Morgan fingerprint density at radius 1 is 1.08 bits per heavy atom. The molecule has 0 aromatic heterocycles. The van der Waals surface area contributed by atoms with Crippen molar-refractivity contribution in [1.82, 2.24) is 0 Å². The molecule has 0 saturated heterocycles. The van der Waals surface area contributed by atoms with Gasteiger partial charge in [-0.3, -0.25) is 9.59 Å². The van der Waals surface area contributed by atoms with E-state index in [1.165, 1.54) is 32.8 Å². The summed E-state index contributed by atoms with van der Waals surface area (Å²) in [5.41, 5.74) is 0.391. The summed E-state index contributed by atoms with van der Waals surface area (Å²) < 4.78 is 4.99. The van der Waals surface area contributed by atoms with Gasteiger partial charge in [0.05, 0.1) is 13.0 Å². The fourth-order valence-electron chi connectivity index (χ4n) is 7.34. The van der Waals surface area contributed by atoms with E-state index in [1.54, 1.807) is 0 Å². The molecule has 0 bridgehead atoms. The van der Waals surface area contributed by atoms with Crippen LogP contribution in [0.25, 0.3) is 0 Å². The molecule has 3 heteroatoms. The van der Waals surface area contributed by atoms with Crippen LogP contribution in [0.2, 0.25) is 0 Å². The van der Waals surface area contributed by atoms with Gasteiger partial charge in [-0.1, -0.05) is 34.1 Å².